The van der Waals surface area contributed by atoms with Gasteiger partial charge in [-0.15, -0.1) is 5.10 Å². The number of carbonyl (C=O) groups is 2. The normalized spacial score (nSPS) is 10.3. The van der Waals surface area contributed by atoms with Gasteiger partial charge in [0.15, 0.2) is 0 Å². The molecule has 0 aliphatic heterocycles. The number of rotatable bonds is 4. The summed E-state index contributed by atoms with van der Waals surface area (Å²) >= 11 is 0. The number of benzene rings is 1. The second-order valence-corrected chi connectivity index (χ2v) is 4.20. The van der Waals surface area contributed by atoms with Crippen LogP contribution < -0.4 is 5.32 Å². The third kappa shape index (κ3) is 2.66. The highest BCUT2D eigenvalue weighted by Gasteiger charge is 2.15. The molecule has 0 fully saturated rings. The fourth-order valence-corrected chi connectivity index (χ4v) is 1.74. The second-order valence-electron chi connectivity index (χ2n) is 4.20. The van der Waals surface area contributed by atoms with Gasteiger partial charge in [0.25, 0.3) is 5.91 Å². The number of hydrogen-bond donors (Lipinski definition) is 3. The van der Waals surface area contributed by atoms with Gasteiger partial charge in [-0.25, -0.2) is 9.78 Å². The Bertz CT molecular complexity index is 663. The molecule has 0 bridgehead atoms. The largest absolute Gasteiger partial charge is 0.478 e. The van der Waals surface area contributed by atoms with Crippen LogP contribution in [0.15, 0.2) is 18.2 Å². The maximum absolute atomic E-state index is 12.0. The number of aromatic nitrogens is 3. The third-order valence-electron chi connectivity index (χ3n) is 2.88. The molecule has 0 spiro atoms. The zero-order chi connectivity index (χ0) is 14.7. The summed E-state index contributed by atoms with van der Waals surface area (Å²) in [6.45, 7) is 3.52. The van der Waals surface area contributed by atoms with Gasteiger partial charge in [-0.1, -0.05) is 13.0 Å². The summed E-state index contributed by atoms with van der Waals surface area (Å²) in [5.41, 5.74) is 1.06. The molecule has 7 nitrogen and oxygen atoms in total. The Morgan fingerprint density at radius 1 is 1.40 bits per heavy atom. The molecule has 1 aromatic heterocycles. The first kappa shape index (κ1) is 13.7. The maximum atomic E-state index is 12.0. The molecule has 1 heterocycles. The fraction of sp³-hybridized carbons (Fsp3) is 0.231. The van der Waals surface area contributed by atoms with Crippen LogP contribution in [-0.2, 0) is 6.42 Å². The van der Waals surface area contributed by atoms with Crippen molar-refractivity contribution in [2.45, 2.75) is 20.3 Å². The van der Waals surface area contributed by atoms with E-state index in [9.17, 15) is 9.59 Å². The average molecular weight is 274 g/mol. The zero-order valence-corrected chi connectivity index (χ0v) is 11.1. The Morgan fingerprint density at radius 2 is 2.15 bits per heavy atom. The van der Waals surface area contributed by atoms with E-state index in [0.717, 1.165) is 0 Å². The molecular weight excluding hydrogens is 260 g/mol. The summed E-state index contributed by atoms with van der Waals surface area (Å²) in [5.74, 6) is -0.871. The van der Waals surface area contributed by atoms with Gasteiger partial charge in [0.1, 0.15) is 5.82 Å². The highest BCUT2D eigenvalue weighted by Crippen LogP contribution is 2.19. The maximum Gasteiger partial charge on any atom is 0.336 e. The Hall–Kier alpha value is -2.70. The number of carboxylic acids is 1. The van der Waals surface area contributed by atoms with E-state index in [1.54, 1.807) is 19.1 Å². The Kier molecular flexibility index (Phi) is 3.79. The highest BCUT2D eigenvalue weighted by atomic mass is 16.4. The summed E-state index contributed by atoms with van der Waals surface area (Å²) in [7, 11) is 0. The summed E-state index contributed by atoms with van der Waals surface area (Å²) in [5, 5.41) is 18.1. The Balaban J connectivity index is 2.24. The molecular formula is C13H14N4O3. The lowest BCUT2D eigenvalue weighted by Crippen LogP contribution is -2.15. The van der Waals surface area contributed by atoms with Gasteiger partial charge in [-0.3, -0.25) is 9.89 Å². The molecule has 2 rings (SSSR count). The molecule has 0 saturated heterocycles. The average Bonchev–Trinajstić information content (AvgIpc) is 2.89. The molecule has 3 N–H and O–H groups in total. The van der Waals surface area contributed by atoms with Gasteiger partial charge >= 0.3 is 5.97 Å². The van der Waals surface area contributed by atoms with E-state index >= 15 is 0 Å². The fourth-order valence-electron chi connectivity index (χ4n) is 1.74. The number of carboxylic acid groups (broad SMARTS) is 1. The van der Waals surface area contributed by atoms with Crippen LogP contribution in [0.3, 0.4) is 0 Å². The standard InChI is InChI=1S/C13H14N4O3/c1-3-10-15-11(17-16-10)12(18)14-9-6-4-5-8(7(9)2)13(19)20/h4-6H,3H2,1-2H3,(H,14,18)(H,19,20)(H,15,16,17). The van der Waals surface area contributed by atoms with Crippen LogP contribution in [-0.4, -0.2) is 32.2 Å². The smallest absolute Gasteiger partial charge is 0.336 e. The van der Waals surface area contributed by atoms with E-state index < -0.39 is 11.9 Å². The number of hydrogen-bond acceptors (Lipinski definition) is 4. The first-order valence-corrected chi connectivity index (χ1v) is 6.08. The van der Waals surface area contributed by atoms with Crippen LogP contribution >= 0.6 is 0 Å². The van der Waals surface area contributed by atoms with Gasteiger partial charge in [0.2, 0.25) is 5.82 Å². The van der Waals surface area contributed by atoms with Crippen molar-refractivity contribution >= 4 is 17.6 Å². The number of nitrogens with zero attached hydrogens (tertiary/aromatic N) is 2. The third-order valence-corrected chi connectivity index (χ3v) is 2.88. The predicted molar refractivity (Wildman–Crippen MR) is 71.9 cm³/mol. The SMILES string of the molecule is CCc1nc(C(=O)Nc2cccc(C(=O)O)c2C)n[nH]1. The molecule has 20 heavy (non-hydrogen) atoms. The summed E-state index contributed by atoms with van der Waals surface area (Å²) in [6.07, 6.45) is 0.647. The van der Waals surface area contributed by atoms with Gasteiger partial charge in [-0.05, 0) is 24.6 Å². The quantitative estimate of drug-likeness (QED) is 0.785. The van der Waals surface area contributed by atoms with Crippen LogP contribution in [0.5, 0.6) is 0 Å². The van der Waals surface area contributed by atoms with Crippen LogP contribution in [0.4, 0.5) is 5.69 Å². The summed E-state index contributed by atoms with van der Waals surface area (Å²) < 4.78 is 0. The van der Waals surface area contributed by atoms with E-state index in [2.05, 4.69) is 20.5 Å². The Labute approximate surface area is 115 Å². The first-order chi connectivity index (χ1) is 9.52. The number of nitrogens with one attached hydrogen (secondary N) is 2. The summed E-state index contributed by atoms with van der Waals surface area (Å²) in [4.78, 5) is 27.0. The molecule has 1 aromatic carbocycles. The Morgan fingerprint density at radius 3 is 2.75 bits per heavy atom. The van der Waals surface area contributed by atoms with E-state index in [1.165, 1.54) is 6.07 Å². The molecule has 7 heteroatoms. The van der Waals surface area contributed by atoms with Crippen molar-refractivity contribution in [1.29, 1.82) is 0 Å². The number of anilines is 1. The first-order valence-electron chi connectivity index (χ1n) is 6.08. The van der Waals surface area contributed by atoms with Crippen LogP contribution in [0.25, 0.3) is 0 Å². The molecule has 0 radical (unpaired) electrons. The van der Waals surface area contributed by atoms with Crippen LogP contribution in [0.1, 0.15) is 39.3 Å². The topological polar surface area (TPSA) is 108 Å². The van der Waals surface area contributed by atoms with Crippen molar-refractivity contribution in [2.24, 2.45) is 0 Å². The van der Waals surface area contributed by atoms with E-state index in [0.29, 0.717) is 23.5 Å². The van der Waals surface area contributed by atoms with Crippen LogP contribution in [0, 0.1) is 6.92 Å². The van der Waals surface area contributed by atoms with Crippen molar-refractivity contribution in [3.05, 3.63) is 41.0 Å². The molecule has 0 saturated carbocycles. The minimum atomic E-state index is -1.04. The van der Waals surface area contributed by atoms with Gasteiger partial charge in [0, 0.05) is 12.1 Å². The number of H-pyrrole nitrogens is 1. The van der Waals surface area contributed by atoms with Gasteiger partial charge < -0.3 is 10.4 Å². The monoisotopic (exact) mass is 274 g/mol. The van der Waals surface area contributed by atoms with Crippen molar-refractivity contribution < 1.29 is 14.7 Å². The molecule has 1 amide bonds. The van der Waals surface area contributed by atoms with Crippen molar-refractivity contribution in [3.8, 4) is 0 Å². The van der Waals surface area contributed by atoms with Crippen molar-refractivity contribution in [3.63, 3.8) is 0 Å². The number of aromatic carboxylic acids is 1. The highest BCUT2D eigenvalue weighted by molar-refractivity contribution is 6.03. The zero-order valence-electron chi connectivity index (χ0n) is 11.1. The number of aromatic amines is 1. The lowest BCUT2D eigenvalue weighted by atomic mass is 10.1. The molecule has 2 aromatic rings. The second kappa shape index (κ2) is 5.52. The predicted octanol–water partition coefficient (Wildman–Crippen LogP) is 1.63. The van der Waals surface area contributed by atoms with Gasteiger partial charge in [0.05, 0.1) is 5.56 Å². The van der Waals surface area contributed by atoms with Crippen LogP contribution in [0.2, 0.25) is 0 Å². The minimum Gasteiger partial charge on any atom is -0.478 e. The van der Waals surface area contributed by atoms with Crippen molar-refractivity contribution in [2.75, 3.05) is 5.32 Å². The molecule has 0 atom stereocenters. The molecule has 0 unspecified atom stereocenters. The van der Waals surface area contributed by atoms with E-state index in [-0.39, 0.29) is 11.4 Å². The number of aryl methyl sites for hydroxylation is 1. The van der Waals surface area contributed by atoms with Gasteiger partial charge in [-0.2, -0.15) is 0 Å². The molecule has 0 aliphatic carbocycles. The number of carbonyl (C=O) groups excluding carboxylic acids is 1. The minimum absolute atomic E-state index is 0.0296. The van der Waals surface area contributed by atoms with E-state index in [4.69, 9.17) is 5.11 Å². The lowest BCUT2D eigenvalue weighted by molar-refractivity contribution is 0.0695. The number of amides is 1. The van der Waals surface area contributed by atoms with E-state index in [1.807, 2.05) is 6.92 Å². The molecule has 0 aliphatic rings. The summed E-state index contributed by atoms with van der Waals surface area (Å²) in [6, 6.07) is 4.68. The molecule has 104 valence electrons. The lowest BCUT2D eigenvalue weighted by Gasteiger charge is -2.08. The van der Waals surface area contributed by atoms with Crippen molar-refractivity contribution in [1.82, 2.24) is 15.2 Å².